The van der Waals surface area contributed by atoms with Crippen molar-refractivity contribution in [3.63, 3.8) is 0 Å². The molecule has 0 spiro atoms. The van der Waals surface area contributed by atoms with Crippen LogP contribution in [-0.2, 0) is 0 Å². The molecule has 0 atom stereocenters. The van der Waals surface area contributed by atoms with Crippen LogP contribution in [0.4, 0.5) is 0 Å². The molecule has 1 nitrogen and oxygen atoms in total. The largest absolute Gasteiger partial charge is 0.253 e. The number of fused-ring (bicyclic) bond motifs is 1. The molecule has 0 amide bonds. The monoisotopic (exact) mass is 185 g/mol. The van der Waals surface area contributed by atoms with Crippen molar-refractivity contribution in [3.8, 4) is 0 Å². The van der Waals surface area contributed by atoms with Gasteiger partial charge in [0.15, 0.2) is 0 Å². The Morgan fingerprint density at radius 1 is 1.07 bits per heavy atom. The Hall–Kier alpha value is -1.37. The zero-order valence-corrected chi connectivity index (χ0v) is 8.91. The summed E-state index contributed by atoms with van der Waals surface area (Å²) in [5, 5.41) is 1.22. The molecule has 14 heavy (non-hydrogen) atoms. The number of hydrogen-bond acceptors (Lipinski definition) is 1. The van der Waals surface area contributed by atoms with Gasteiger partial charge in [0.2, 0.25) is 0 Å². The van der Waals surface area contributed by atoms with E-state index >= 15 is 0 Å². The van der Waals surface area contributed by atoms with Crippen LogP contribution in [0.25, 0.3) is 10.9 Å². The average molecular weight is 185 g/mol. The second kappa shape index (κ2) is 3.41. The van der Waals surface area contributed by atoms with Crippen LogP contribution in [0, 0.1) is 6.92 Å². The number of hydrogen-bond donors (Lipinski definition) is 0. The van der Waals surface area contributed by atoms with Crippen LogP contribution >= 0.6 is 0 Å². The second-order valence-electron chi connectivity index (χ2n) is 4.09. The number of rotatable bonds is 1. The summed E-state index contributed by atoms with van der Waals surface area (Å²) in [6.07, 6.45) is 0. The minimum atomic E-state index is 0.500. The van der Waals surface area contributed by atoms with E-state index in [1.54, 1.807) is 0 Å². The lowest BCUT2D eigenvalue weighted by molar-refractivity contribution is 0.830. The zero-order valence-electron chi connectivity index (χ0n) is 8.91. The van der Waals surface area contributed by atoms with Crippen molar-refractivity contribution in [2.45, 2.75) is 26.7 Å². The normalized spacial score (nSPS) is 11.1. The lowest BCUT2D eigenvalue weighted by Gasteiger charge is -2.06. The van der Waals surface area contributed by atoms with Gasteiger partial charge in [-0.05, 0) is 30.5 Å². The first kappa shape index (κ1) is 9.20. The van der Waals surface area contributed by atoms with Crippen molar-refractivity contribution in [1.82, 2.24) is 4.98 Å². The lowest BCUT2D eigenvalue weighted by atomic mass is 10.1. The van der Waals surface area contributed by atoms with Crippen LogP contribution in [0.5, 0.6) is 0 Å². The van der Waals surface area contributed by atoms with Gasteiger partial charge in [-0.3, -0.25) is 4.98 Å². The molecular weight excluding hydrogens is 170 g/mol. The van der Waals surface area contributed by atoms with Gasteiger partial charge in [0, 0.05) is 11.1 Å². The van der Waals surface area contributed by atoms with E-state index in [0.717, 1.165) is 5.52 Å². The fourth-order valence-corrected chi connectivity index (χ4v) is 1.56. The quantitative estimate of drug-likeness (QED) is 0.660. The first-order valence-corrected chi connectivity index (χ1v) is 5.04. The zero-order chi connectivity index (χ0) is 10.1. The molecule has 0 radical (unpaired) electrons. The van der Waals surface area contributed by atoms with Crippen molar-refractivity contribution in [2.75, 3.05) is 0 Å². The van der Waals surface area contributed by atoms with Gasteiger partial charge in [0.25, 0.3) is 0 Å². The first-order valence-electron chi connectivity index (χ1n) is 5.04. The molecular formula is C13H15N. The maximum Gasteiger partial charge on any atom is 0.0708 e. The van der Waals surface area contributed by atoms with E-state index in [2.05, 4.69) is 56.1 Å². The maximum atomic E-state index is 4.64. The number of nitrogens with zero attached hydrogens (tertiary/aromatic N) is 1. The summed E-state index contributed by atoms with van der Waals surface area (Å²) >= 11 is 0. The van der Waals surface area contributed by atoms with Crippen molar-refractivity contribution >= 4 is 10.9 Å². The summed E-state index contributed by atoms with van der Waals surface area (Å²) in [5.41, 5.74) is 3.55. The summed E-state index contributed by atoms with van der Waals surface area (Å²) < 4.78 is 0. The molecule has 0 aliphatic carbocycles. The van der Waals surface area contributed by atoms with E-state index < -0.39 is 0 Å². The molecule has 0 fully saturated rings. The van der Waals surface area contributed by atoms with Crippen LogP contribution in [-0.4, -0.2) is 4.98 Å². The van der Waals surface area contributed by atoms with Crippen molar-refractivity contribution in [3.05, 3.63) is 41.6 Å². The average Bonchev–Trinajstić information content (AvgIpc) is 2.16. The predicted octanol–water partition coefficient (Wildman–Crippen LogP) is 3.67. The molecule has 0 unspecified atom stereocenters. The molecule has 0 aliphatic heterocycles. The van der Waals surface area contributed by atoms with Gasteiger partial charge in [-0.15, -0.1) is 0 Å². The van der Waals surface area contributed by atoms with Crippen molar-refractivity contribution in [1.29, 1.82) is 0 Å². The van der Waals surface area contributed by atoms with Crippen LogP contribution < -0.4 is 0 Å². The van der Waals surface area contributed by atoms with Crippen LogP contribution in [0.1, 0.15) is 31.0 Å². The van der Waals surface area contributed by atoms with Crippen LogP contribution in [0.3, 0.4) is 0 Å². The predicted molar refractivity (Wildman–Crippen MR) is 60.6 cm³/mol. The van der Waals surface area contributed by atoms with Gasteiger partial charge in [0.1, 0.15) is 0 Å². The fraction of sp³-hybridized carbons (Fsp3) is 0.308. The Balaban J connectivity index is 2.63. The van der Waals surface area contributed by atoms with E-state index in [4.69, 9.17) is 0 Å². The van der Waals surface area contributed by atoms with Gasteiger partial charge in [-0.25, -0.2) is 0 Å². The third-order valence-corrected chi connectivity index (χ3v) is 2.46. The Morgan fingerprint density at radius 2 is 1.79 bits per heavy atom. The lowest BCUT2D eigenvalue weighted by Crippen LogP contribution is -1.92. The van der Waals surface area contributed by atoms with E-state index in [1.165, 1.54) is 16.6 Å². The highest BCUT2D eigenvalue weighted by atomic mass is 14.7. The second-order valence-corrected chi connectivity index (χ2v) is 4.09. The van der Waals surface area contributed by atoms with Gasteiger partial charge in [-0.1, -0.05) is 32.0 Å². The fourth-order valence-electron chi connectivity index (χ4n) is 1.56. The van der Waals surface area contributed by atoms with E-state index in [0.29, 0.717) is 5.92 Å². The molecule has 2 rings (SSSR count). The summed E-state index contributed by atoms with van der Waals surface area (Å²) in [4.78, 5) is 4.64. The van der Waals surface area contributed by atoms with Crippen molar-refractivity contribution < 1.29 is 0 Å². The van der Waals surface area contributed by atoms with Gasteiger partial charge in [0.05, 0.1) is 5.52 Å². The summed E-state index contributed by atoms with van der Waals surface area (Å²) in [6.45, 7) is 6.44. The SMILES string of the molecule is Cc1ccc2ccc(C(C)C)nc2c1. The number of benzene rings is 1. The van der Waals surface area contributed by atoms with Crippen LogP contribution in [0.2, 0.25) is 0 Å². The summed E-state index contributed by atoms with van der Waals surface area (Å²) in [5.74, 6) is 0.500. The molecule has 0 N–H and O–H groups in total. The molecule has 2 aromatic rings. The standard InChI is InChI=1S/C13H15N/c1-9(2)12-7-6-11-5-4-10(3)8-13(11)14-12/h4-9H,1-3H3. The topological polar surface area (TPSA) is 12.9 Å². The summed E-state index contributed by atoms with van der Waals surface area (Å²) in [7, 11) is 0. The Kier molecular flexibility index (Phi) is 2.24. The third kappa shape index (κ3) is 1.63. The molecule has 0 bridgehead atoms. The Bertz CT molecular complexity index is 458. The smallest absolute Gasteiger partial charge is 0.0708 e. The summed E-state index contributed by atoms with van der Waals surface area (Å²) in [6, 6.07) is 10.7. The number of pyridine rings is 1. The van der Waals surface area contributed by atoms with Crippen LogP contribution in [0.15, 0.2) is 30.3 Å². The molecule has 1 aromatic heterocycles. The maximum absolute atomic E-state index is 4.64. The third-order valence-electron chi connectivity index (χ3n) is 2.46. The highest BCUT2D eigenvalue weighted by molar-refractivity contribution is 5.79. The van der Waals surface area contributed by atoms with Gasteiger partial charge in [-0.2, -0.15) is 0 Å². The molecule has 1 aromatic carbocycles. The Labute approximate surface area is 84.8 Å². The van der Waals surface area contributed by atoms with Gasteiger partial charge >= 0.3 is 0 Å². The molecule has 1 heterocycles. The minimum absolute atomic E-state index is 0.500. The molecule has 1 heteroatoms. The van der Waals surface area contributed by atoms with Gasteiger partial charge < -0.3 is 0 Å². The highest BCUT2D eigenvalue weighted by Gasteiger charge is 2.01. The van der Waals surface area contributed by atoms with E-state index in [9.17, 15) is 0 Å². The molecule has 0 saturated heterocycles. The first-order chi connectivity index (χ1) is 6.66. The van der Waals surface area contributed by atoms with E-state index in [-0.39, 0.29) is 0 Å². The minimum Gasteiger partial charge on any atom is -0.253 e. The van der Waals surface area contributed by atoms with E-state index in [1.807, 2.05) is 0 Å². The molecule has 0 aliphatic rings. The molecule has 72 valence electrons. The number of aryl methyl sites for hydroxylation is 1. The Morgan fingerprint density at radius 3 is 2.50 bits per heavy atom. The highest BCUT2D eigenvalue weighted by Crippen LogP contribution is 2.18. The van der Waals surface area contributed by atoms with Crippen molar-refractivity contribution in [2.24, 2.45) is 0 Å². The number of aromatic nitrogens is 1. The molecule has 0 saturated carbocycles.